The molecule has 0 saturated heterocycles. The molecule has 1 aromatic carbocycles. The van der Waals surface area contributed by atoms with Crippen molar-refractivity contribution in [3.63, 3.8) is 0 Å². The van der Waals surface area contributed by atoms with E-state index in [-0.39, 0.29) is 23.3 Å². The molecular weight excluding hydrogens is 305 g/mol. The van der Waals surface area contributed by atoms with Gasteiger partial charge in [0.25, 0.3) is 0 Å². The quantitative estimate of drug-likeness (QED) is 0.336. The minimum absolute atomic E-state index is 0.0532. The summed E-state index contributed by atoms with van der Waals surface area (Å²) in [5, 5.41) is 16.7. The predicted molar refractivity (Wildman–Crippen MR) is 83.6 cm³/mol. The van der Waals surface area contributed by atoms with Gasteiger partial charge in [-0.25, -0.2) is 4.39 Å². The van der Waals surface area contributed by atoms with Gasteiger partial charge in [-0.2, -0.15) is 9.97 Å². The third-order valence-electron chi connectivity index (χ3n) is 2.93. The summed E-state index contributed by atoms with van der Waals surface area (Å²) in [6, 6.07) is 5.77. The second-order valence-corrected chi connectivity index (χ2v) is 4.63. The van der Waals surface area contributed by atoms with Crippen LogP contribution >= 0.6 is 0 Å². The number of nitro groups is 1. The number of nitrogen functional groups attached to an aromatic ring is 1. The van der Waals surface area contributed by atoms with Gasteiger partial charge in [0.1, 0.15) is 5.82 Å². The lowest BCUT2D eigenvalue weighted by molar-refractivity contribution is -0.383. The highest BCUT2D eigenvalue weighted by molar-refractivity contribution is 5.74. The van der Waals surface area contributed by atoms with E-state index in [9.17, 15) is 14.5 Å². The number of nitrogens with one attached hydrogen (secondary N) is 2. The van der Waals surface area contributed by atoms with Gasteiger partial charge in [-0.3, -0.25) is 10.1 Å². The molecule has 1 aromatic heterocycles. The molecule has 0 radical (unpaired) electrons. The smallest absolute Gasteiger partial charge is 0.353 e. The van der Waals surface area contributed by atoms with Crippen LogP contribution in [0.15, 0.2) is 24.3 Å². The van der Waals surface area contributed by atoms with Gasteiger partial charge >= 0.3 is 5.69 Å². The Hall–Kier alpha value is -3.01. The van der Waals surface area contributed by atoms with E-state index >= 15 is 0 Å². The monoisotopic (exact) mass is 322 g/mol. The molecule has 1 heterocycles. The average molecular weight is 322 g/mol. The highest BCUT2D eigenvalue weighted by Crippen LogP contribution is 2.31. The summed E-state index contributed by atoms with van der Waals surface area (Å²) < 4.78 is 13.7. The number of hydrogen-bond donors (Lipinski definition) is 4. The Morgan fingerprint density at radius 2 is 2.09 bits per heavy atom. The Kier molecular flexibility index (Phi) is 5.20. The molecule has 0 aliphatic heterocycles. The molecule has 2 aromatic rings. The van der Waals surface area contributed by atoms with Gasteiger partial charge in [-0.1, -0.05) is 12.1 Å². The maximum absolute atomic E-state index is 13.7. The molecule has 0 bridgehead atoms. The molecule has 0 unspecified atom stereocenters. The number of rotatable bonds is 7. The highest BCUT2D eigenvalue weighted by Gasteiger charge is 2.23. The standard InChI is InChI=1S/C13H16FN7O2/c14-8-4-1-2-5-9(8)18-12-10(21(22)23)11(16)19-13(20-12)17-7-3-6-15/h1-2,4-5H,3,6-7,15H2,(H4,16,17,18,19,20)/p+1. The number of aromatic nitrogens is 2. The van der Waals surface area contributed by atoms with E-state index in [1.807, 2.05) is 0 Å². The minimum Gasteiger partial charge on any atom is -0.378 e. The molecule has 0 amide bonds. The van der Waals surface area contributed by atoms with Gasteiger partial charge in [0.05, 0.1) is 17.2 Å². The van der Waals surface area contributed by atoms with Crippen molar-refractivity contribution in [1.29, 1.82) is 0 Å². The second-order valence-electron chi connectivity index (χ2n) is 4.63. The van der Waals surface area contributed by atoms with Crippen molar-refractivity contribution in [3.05, 3.63) is 40.2 Å². The zero-order valence-corrected chi connectivity index (χ0v) is 12.3. The van der Waals surface area contributed by atoms with Crippen molar-refractivity contribution in [2.75, 3.05) is 29.5 Å². The number of para-hydroxylation sites is 1. The van der Waals surface area contributed by atoms with E-state index in [0.717, 1.165) is 13.0 Å². The zero-order chi connectivity index (χ0) is 16.8. The molecular formula is C13H17FN7O2+. The fourth-order valence-corrected chi connectivity index (χ4v) is 1.83. The fraction of sp³-hybridized carbons (Fsp3) is 0.231. The lowest BCUT2D eigenvalue weighted by Crippen LogP contribution is -2.50. The summed E-state index contributed by atoms with van der Waals surface area (Å²) in [5.41, 5.74) is 8.90. The van der Waals surface area contributed by atoms with E-state index in [2.05, 4.69) is 26.3 Å². The van der Waals surface area contributed by atoms with Gasteiger partial charge in [0.2, 0.25) is 17.6 Å². The van der Waals surface area contributed by atoms with Gasteiger partial charge in [-0.05, 0) is 12.1 Å². The van der Waals surface area contributed by atoms with Crippen LogP contribution in [0.4, 0.5) is 33.3 Å². The normalized spacial score (nSPS) is 10.3. The molecule has 0 saturated carbocycles. The van der Waals surface area contributed by atoms with Crippen LogP contribution in [-0.2, 0) is 0 Å². The topological polar surface area (TPSA) is 147 Å². The average Bonchev–Trinajstić information content (AvgIpc) is 2.49. The van der Waals surface area contributed by atoms with Crippen LogP contribution in [0, 0.1) is 15.9 Å². The number of nitrogens with two attached hydrogens (primary N) is 1. The summed E-state index contributed by atoms with van der Waals surface area (Å²) in [5.74, 6) is -0.920. The Balaban J connectivity index is 2.37. The molecule has 0 aliphatic rings. The summed E-state index contributed by atoms with van der Waals surface area (Å²) in [6.07, 6.45) is 0.774. The Morgan fingerprint density at radius 3 is 2.74 bits per heavy atom. The summed E-state index contributed by atoms with van der Waals surface area (Å²) >= 11 is 0. The van der Waals surface area contributed by atoms with Crippen molar-refractivity contribution < 1.29 is 15.0 Å². The highest BCUT2D eigenvalue weighted by atomic mass is 19.1. The van der Waals surface area contributed by atoms with Crippen LogP contribution in [0.25, 0.3) is 0 Å². The summed E-state index contributed by atoms with van der Waals surface area (Å²) in [7, 11) is 0. The summed E-state index contributed by atoms with van der Waals surface area (Å²) in [6.45, 7) is 1.26. The van der Waals surface area contributed by atoms with Crippen molar-refractivity contribution in [2.45, 2.75) is 6.42 Å². The molecule has 9 nitrogen and oxygen atoms in total. The van der Waals surface area contributed by atoms with E-state index in [0.29, 0.717) is 6.54 Å². The number of halogens is 1. The second kappa shape index (κ2) is 7.31. The van der Waals surface area contributed by atoms with Crippen molar-refractivity contribution in [1.82, 2.24) is 9.97 Å². The first-order chi connectivity index (χ1) is 11.0. The van der Waals surface area contributed by atoms with Crippen LogP contribution in [-0.4, -0.2) is 28.0 Å². The molecule has 23 heavy (non-hydrogen) atoms. The first kappa shape index (κ1) is 16.4. The van der Waals surface area contributed by atoms with E-state index < -0.39 is 16.4 Å². The molecule has 7 N–H and O–H groups in total. The zero-order valence-electron chi connectivity index (χ0n) is 12.3. The molecule has 0 aliphatic carbocycles. The lowest BCUT2D eigenvalue weighted by Gasteiger charge is -2.10. The predicted octanol–water partition coefficient (Wildman–Crippen LogP) is 0.894. The Labute approximate surface area is 131 Å². The number of nitrogens with zero attached hydrogens (tertiary/aromatic N) is 3. The maximum atomic E-state index is 13.7. The molecule has 122 valence electrons. The summed E-state index contributed by atoms with van der Waals surface area (Å²) in [4.78, 5) is 18.3. The first-order valence-corrected chi connectivity index (χ1v) is 6.89. The van der Waals surface area contributed by atoms with Crippen LogP contribution in [0.2, 0.25) is 0 Å². The van der Waals surface area contributed by atoms with Crippen LogP contribution in [0.5, 0.6) is 0 Å². The third kappa shape index (κ3) is 4.01. The maximum Gasteiger partial charge on any atom is 0.353 e. The van der Waals surface area contributed by atoms with E-state index in [1.165, 1.54) is 18.2 Å². The Bertz CT molecular complexity index is 711. The van der Waals surface area contributed by atoms with Crippen molar-refractivity contribution >= 4 is 29.0 Å². The van der Waals surface area contributed by atoms with Crippen LogP contribution in [0.3, 0.4) is 0 Å². The first-order valence-electron chi connectivity index (χ1n) is 6.89. The minimum atomic E-state index is -0.710. The molecule has 0 fully saturated rings. The molecule has 0 spiro atoms. The third-order valence-corrected chi connectivity index (χ3v) is 2.93. The molecule has 10 heteroatoms. The van der Waals surface area contributed by atoms with Crippen LogP contribution < -0.4 is 22.1 Å². The largest absolute Gasteiger partial charge is 0.378 e. The molecule has 2 rings (SSSR count). The number of hydrogen-bond acceptors (Lipinski definition) is 7. The van der Waals surface area contributed by atoms with Crippen LogP contribution in [0.1, 0.15) is 6.42 Å². The Morgan fingerprint density at radius 1 is 1.35 bits per heavy atom. The van der Waals surface area contributed by atoms with Gasteiger partial charge in [-0.15, -0.1) is 0 Å². The number of anilines is 4. The fourth-order valence-electron chi connectivity index (χ4n) is 1.83. The van der Waals surface area contributed by atoms with Gasteiger partial charge in [0.15, 0.2) is 0 Å². The SMILES string of the molecule is Nc1nc(NCCC[NH3+])nc(Nc2ccccc2F)c1[N+](=O)[O-]. The molecule has 0 atom stereocenters. The number of benzene rings is 1. The van der Waals surface area contributed by atoms with E-state index in [4.69, 9.17) is 5.73 Å². The lowest BCUT2D eigenvalue weighted by atomic mass is 10.3. The van der Waals surface area contributed by atoms with Gasteiger partial charge < -0.3 is 22.1 Å². The van der Waals surface area contributed by atoms with Crippen molar-refractivity contribution in [3.8, 4) is 0 Å². The van der Waals surface area contributed by atoms with Crippen molar-refractivity contribution in [2.24, 2.45) is 0 Å². The van der Waals surface area contributed by atoms with E-state index in [1.54, 1.807) is 6.07 Å². The van der Waals surface area contributed by atoms with Gasteiger partial charge in [0, 0.05) is 13.0 Å². The number of quaternary nitrogens is 1.